The van der Waals surface area contributed by atoms with Crippen molar-refractivity contribution in [2.24, 2.45) is 13.0 Å². The highest BCUT2D eigenvalue weighted by Crippen LogP contribution is 2.63. The Balaban J connectivity index is 0.824. The van der Waals surface area contributed by atoms with Gasteiger partial charge in [0.15, 0.2) is 0 Å². The summed E-state index contributed by atoms with van der Waals surface area (Å²) in [6, 6.07) is 14.1. The van der Waals surface area contributed by atoms with Crippen molar-refractivity contribution in [3.8, 4) is 0 Å². The fraction of sp³-hybridized carbons (Fsp3) is 0.510. The third-order valence-electron chi connectivity index (χ3n) is 16.2. The van der Waals surface area contributed by atoms with Crippen molar-refractivity contribution >= 4 is 69.5 Å². The zero-order valence-electron chi connectivity index (χ0n) is 36.6. The second kappa shape index (κ2) is 16.4. The second-order valence-electron chi connectivity index (χ2n) is 19.7. The number of nitrogens with zero attached hydrogens (tertiary/aromatic N) is 3. The number of amides is 5. The Hall–Kier alpha value is -5.05. The normalized spacial score (nSPS) is 28.4. The number of hydrogen-bond acceptors (Lipinski definition) is 7. The lowest BCUT2D eigenvalue weighted by molar-refractivity contribution is -0.138. The molecule has 2 saturated carbocycles. The molecule has 6 aliphatic rings. The van der Waals surface area contributed by atoms with Crippen molar-refractivity contribution in [2.75, 3.05) is 18.4 Å². The first-order valence-corrected chi connectivity index (χ1v) is 23.9. The standard InChI is InChI=1S/C49H54Cl2FN7O6/c1-47(28-11-16-35-37(25-28)57(2)46(65)59(35)36-17-18-38(60)55-42(36)61)21-23-58(24-22-47)44(63)27-9-13-30(14-10-27)53-43(62)41-39(31-7-6-8-33(51)40(31)52)49(48(56-41)19-4-3-5-20-48)32-15-12-29(50)26-34(32)54-45(49)64/h6-8,11-12,15-16,25-27,30,36,39,41,56H,3-5,9-10,13-14,17-24H2,1-2H3,(H,53,62)(H,54,64)(H,55,60,61)/t27?,30?,36?,39-,41+,49+/m0/s1. The fourth-order valence-corrected chi connectivity index (χ4v) is 13.1. The molecule has 4 aromatic rings. The summed E-state index contributed by atoms with van der Waals surface area (Å²) in [7, 11) is 1.69. The van der Waals surface area contributed by atoms with Crippen LogP contribution in [0.3, 0.4) is 0 Å². The summed E-state index contributed by atoms with van der Waals surface area (Å²) >= 11 is 12.9. The van der Waals surface area contributed by atoms with E-state index in [0.29, 0.717) is 78.9 Å². The Morgan fingerprint density at radius 3 is 2.31 bits per heavy atom. The highest BCUT2D eigenvalue weighted by molar-refractivity contribution is 6.31. The number of anilines is 1. The fourth-order valence-electron chi connectivity index (χ4n) is 12.7. The molecule has 3 aromatic carbocycles. The quantitative estimate of drug-likeness (QED) is 0.157. The number of aromatic nitrogens is 2. The number of piperidine rings is 2. The van der Waals surface area contributed by atoms with Gasteiger partial charge in [0.1, 0.15) is 17.3 Å². The average molecular weight is 927 g/mol. The van der Waals surface area contributed by atoms with Gasteiger partial charge in [-0.25, -0.2) is 9.18 Å². The molecule has 342 valence electrons. The molecule has 16 heteroatoms. The van der Waals surface area contributed by atoms with Crippen molar-refractivity contribution in [1.82, 2.24) is 30.0 Å². The summed E-state index contributed by atoms with van der Waals surface area (Å²) in [5.41, 5.74) is 1.19. The summed E-state index contributed by atoms with van der Waals surface area (Å²) in [5, 5.41) is 12.8. The van der Waals surface area contributed by atoms with Crippen LogP contribution in [0, 0.1) is 11.7 Å². The number of hydrogen-bond donors (Lipinski definition) is 4. The molecule has 2 spiro atoms. The number of imide groups is 1. The monoisotopic (exact) mass is 925 g/mol. The molecule has 5 heterocycles. The number of imidazole rings is 1. The summed E-state index contributed by atoms with van der Waals surface area (Å²) in [5.74, 6) is -3.01. The van der Waals surface area contributed by atoms with Gasteiger partial charge in [-0.2, -0.15) is 0 Å². The maximum absolute atomic E-state index is 16.4. The van der Waals surface area contributed by atoms with E-state index in [1.807, 2.05) is 29.2 Å². The zero-order valence-corrected chi connectivity index (χ0v) is 38.1. The van der Waals surface area contributed by atoms with E-state index in [9.17, 15) is 28.8 Å². The van der Waals surface area contributed by atoms with Crippen molar-refractivity contribution in [1.29, 1.82) is 0 Å². The number of likely N-dealkylation sites (tertiary alicyclic amines) is 1. The van der Waals surface area contributed by atoms with E-state index < -0.39 is 40.7 Å². The number of fused-ring (bicyclic) bond motifs is 4. The SMILES string of the molecule is Cn1c(=O)n(C2CCC(=O)NC2=O)c2ccc(C3(C)CCN(C(=O)C4CCC(NC(=O)[C@@H]5NC6(CCCCC6)[C@@]6(C(=O)Nc7cc(Cl)ccc76)[C@H]5c5cccc(Cl)c5F)CC4)CC3)cc21. The minimum absolute atomic E-state index is 0.0775. The first-order chi connectivity index (χ1) is 31.2. The van der Waals surface area contributed by atoms with E-state index in [1.165, 1.54) is 10.6 Å². The molecular weight excluding hydrogens is 872 g/mol. The molecule has 65 heavy (non-hydrogen) atoms. The maximum atomic E-state index is 16.4. The van der Waals surface area contributed by atoms with Gasteiger partial charge in [-0.15, -0.1) is 0 Å². The molecule has 0 radical (unpaired) electrons. The van der Waals surface area contributed by atoms with Gasteiger partial charge >= 0.3 is 5.69 Å². The van der Waals surface area contributed by atoms with Crippen LogP contribution in [0.5, 0.6) is 0 Å². The Morgan fingerprint density at radius 2 is 1.58 bits per heavy atom. The summed E-state index contributed by atoms with van der Waals surface area (Å²) in [4.78, 5) is 83.4. The van der Waals surface area contributed by atoms with E-state index in [-0.39, 0.29) is 70.1 Å². The van der Waals surface area contributed by atoms with Crippen molar-refractivity contribution < 1.29 is 28.4 Å². The molecule has 13 nitrogen and oxygen atoms in total. The Labute approximate surface area is 386 Å². The maximum Gasteiger partial charge on any atom is 0.329 e. The molecule has 5 amide bonds. The van der Waals surface area contributed by atoms with Gasteiger partial charge in [-0.3, -0.25) is 43.7 Å². The molecule has 3 saturated heterocycles. The third-order valence-corrected chi connectivity index (χ3v) is 16.7. The molecule has 1 aromatic heterocycles. The minimum atomic E-state index is -1.32. The predicted octanol–water partition coefficient (Wildman–Crippen LogP) is 6.67. The first-order valence-electron chi connectivity index (χ1n) is 23.1. The Morgan fingerprint density at radius 1 is 0.846 bits per heavy atom. The second-order valence-corrected chi connectivity index (χ2v) is 20.5. The lowest BCUT2D eigenvalue weighted by Crippen LogP contribution is -2.60. The van der Waals surface area contributed by atoms with Crippen LogP contribution in [0.15, 0.2) is 59.4 Å². The summed E-state index contributed by atoms with van der Waals surface area (Å²) in [6.45, 7) is 3.36. The van der Waals surface area contributed by atoms with Gasteiger partial charge in [0, 0.05) is 60.7 Å². The number of aryl methyl sites for hydroxylation is 1. The molecule has 2 aliphatic carbocycles. The van der Waals surface area contributed by atoms with Gasteiger partial charge in [0.25, 0.3) is 0 Å². The summed E-state index contributed by atoms with van der Waals surface area (Å²) < 4.78 is 19.4. The average Bonchev–Trinajstić information content (AvgIpc) is 3.85. The van der Waals surface area contributed by atoms with Crippen molar-refractivity contribution in [3.05, 3.63) is 97.6 Å². The van der Waals surface area contributed by atoms with Gasteiger partial charge in [-0.1, -0.05) is 73.7 Å². The topological polar surface area (TPSA) is 164 Å². The number of carbonyl (C=O) groups is 5. The molecule has 0 bridgehead atoms. The van der Waals surface area contributed by atoms with Crippen LogP contribution in [0.25, 0.3) is 11.0 Å². The smallest absolute Gasteiger partial charge is 0.329 e. The number of benzene rings is 3. The van der Waals surface area contributed by atoms with Crippen LogP contribution >= 0.6 is 23.2 Å². The first kappa shape index (κ1) is 43.8. The lowest BCUT2D eigenvalue weighted by Gasteiger charge is -2.47. The minimum Gasteiger partial charge on any atom is -0.352 e. The van der Waals surface area contributed by atoms with Crippen molar-refractivity contribution in [3.63, 3.8) is 0 Å². The molecular formula is C49H54Cl2FN7O6. The van der Waals surface area contributed by atoms with Crippen LogP contribution in [0.1, 0.15) is 119 Å². The lowest BCUT2D eigenvalue weighted by atomic mass is 9.55. The van der Waals surface area contributed by atoms with E-state index in [0.717, 1.165) is 37.7 Å². The van der Waals surface area contributed by atoms with Crippen LogP contribution in [0.2, 0.25) is 10.0 Å². The number of halogens is 3. The van der Waals surface area contributed by atoms with E-state index in [1.54, 1.807) is 35.9 Å². The molecule has 4 aliphatic heterocycles. The molecule has 4 N–H and O–H groups in total. The number of rotatable bonds is 6. The summed E-state index contributed by atoms with van der Waals surface area (Å²) in [6.07, 6.45) is 8.28. The molecule has 4 atom stereocenters. The number of carbonyl (C=O) groups excluding carboxylic acids is 5. The largest absolute Gasteiger partial charge is 0.352 e. The zero-order chi connectivity index (χ0) is 45.6. The Kier molecular flexibility index (Phi) is 11.0. The van der Waals surface area contributed by atoms with Crippen molar-refractivity contribution in [2.45, 2.75) is 131 Å². The molecule has 10 rings (SSSR count). The molecule has 1 unspecified atom stereocenters. The van der Waals surface area contributed by atoms with Gasteiger partial charge in [0.2, 0.25) is 29.5 Å². The van der Waals surface area contributed by atoms with Crippen LogP contribution < -0.4 is 27.0 Å². The van der Waals surface area contributed by atoms with E-state index in [4.69, 9.17) is 23.2 Å². The highest BCUT2D eigenvalue weighted by Gasteiger charge is 2.72. The van der Waals surface area contributed by atoms with Gasteiger partial charge < -0.3 is 15.5 Å². The highest BCUT2D eigenvalue weighted by atomic mass is 35.5. The number of nitrogens with one attached hydrogen (secondary N) is 4. The van der Waals surface area contributed by atoms with Crippen LogP contribution in [-0.4, -0.2) is 74.3 Å². The third kappa shape index (κ3) is 6.94. The Bertz CT molecular complexity index is 2710. The van der Waals surface area contributed by atoms with E-state index in [2.05, 4.69) is 28.2 Å². The van der Waals surface area contributed by atoms with Gasteiger partial charge in [0.05, 0.1) is 22.1 Å². The van der Waals surface area contributed by atoms with Crippen LogP contribution in [-0.2, 0) is 41.9 Å². The molecule has 5 fully saturated rings. The van der Waals surface area contributed by atoms with Gasteiger partial charge in [-0.05, 0) is 110 Å². The predicted molar refractivity (Wildman–Crippen MR) is 244 cm³/mol. The van der Waals surface area contributed by atoms with Crippen LogP contribution in [0.4, 0.5) is 10.1 Å². The van der Waals surface area contributed by atoms with E-state index >= 15 is 4.39 Å².